The Morgan fingerprint density at radius 3 is 2.75 bits per heavy atom. The molecule has 0 aliphatic carbocycles. The lowest BCUT2D eigenvalue weighted by Gasteiger charge is -2.12. The molecule has 0 saturated heterocycles. The molecule has 1 aromatic heterocycles. The molecule has 84 valence electrons. The molecule has 2 rings (SSSR count). The minimum Gasteiger partial charge on any atom is -0.387 e. The fourth-order valence-electron chi connectivity index (χ4n) is 1.89. The molecule has 16 heavy (non-hydrogen) atoms. The Bertz CT molecular complexity index is 460. The smallest absolute Gasteiger partial charge is 0.0977 e. The van der Waals surface area contributed by atoms with Gasteiger partial charge in [0.15, 0.2) is 0 Å². The van der Waals surface area contributed by atoms with Crippen molar-refractivity contribution in [1.82, 2.24) is 4.98 Å². The maximum absolute atomic E-state index is 10.0. The number of aromatic amines is 1. The molecule has 0 radical (unpaired) electrons. The number of aliphatic hydroxyl groups excluding tert-OH is 1. The average molecular weight is 215 g/mol. The van der Waals surface area contributed by atoms with Gasteiger partial charge in [0, 0.05) is 18.3 Å². The molecule has 0 aliphatic rings. The number of nitrogens with one attached hydrogen (secondary N) is 1. The van der Waals surface area contributed by atoms with E-state index in [1.54, 1.807) is 0 Å². The lowest BCUT2D eigenvalue weighted by atomic mass is 9.99. The molecule has 2 heteroatoms. The molecular weight excluding hydrogens is 198 g/mol. The van der Waals surface area contributed by atoms with Crippen LogP contribution in [-0.4, -0.2) is 10.1 Å². The zero-order valence-corrected chi connectivity index (χ0v) is 9.70. The molecule has 2 N–H and O–H groups in total. The van der Waals surface area contributed by atoms with Gasteiger partial charge in [0.2, 0.25) is 0 Å². The number of rotatable bonds is 3. The van der Waals surface area contributed by atoms with Crippen LogP contribution in [0.4, 0.5) is 0 Å². The molecule has 2 nitrogen and oxygen atoms in total. The summed E-state index contributed by atoms with van der Waals surface area (Å²) in [6.07, 6.45) is 2.05. The maximum atomic E-state index is 10.0. The van der Waals surface area contributed by atoms with Crippen LogP contribution in [0.5, 0.6) is 0 Å². The van der Waals surface area contributed by atoms with Crippen molar-refractivity contribution >= 4 is 0 Å². The predicted octanol–water partition coefficient (Wildman–Crippen LogP) is 2.91. The number of hydrogen-bond acceptors (Lipinski definition) is 1. The molecule has 0 amide bonds. The summed E-state index contributed by atoms with van der Waals surface area (Å²) in [5, 5.41) is 10.0. The van der Waals surface area contributed by atoms with Gasteiger partial charge in [0.1, 0.15) is 0 Å². The number of H-pyrrole nitrogens is 1. The highest BCUT2D eigenvalue weighted by Crippen LogP contribution is 2.19. The molecule has 0 bridgehead atoms. The number of benzene rings is 1. The highest BCUT2D eigenvalue weighted by molar-refractivity contribution is 5.31. The summed E-state index contributed by atoms with van der Waals surface area (Å²) in [7, 11) is 0. The SMILES string of the molecule is Cc1ccc(C)c(CC(O)c2ccc[nH]2)c1. The van der Waals surface area contributed by atoms with E-state index in [0.717, 1.165) is 5.69 Å². The highest BCUT2D eigenvalue weighted by atomic mass is 16.3. The molecule has 1 aromatic carbocycles. The van der Waals surface area contributed by atoms with Gasteiger partial charge in [-0.3, -0.25) is 0 Å². The van der Waals surface area contributed by atoms with Gasteiger partial charge < -0.3 is 10.1 Å². The molecule has 0 spiro atoms. The highest BCUT2D eigenvalue weighted by Gasteiger charge is 2.10. The zero-order chi connectivity index (χ0) is 11.5. The lowest BCUT2D eigenvalue weighted by molar-refractivity contribution is 0.174. The summed E-state index contributed by atoms with van der Waals surface area (Å²) in [5.41, 5.74) is 4.55. The van der Waals surface area contributed by atoms with Crippen LogP contribution in [-0.2, 0) is 6.42 Å². The monoisotopic (exact) mass is 215 g/mol. The third-order valence-electron chi connectivity index (χ3n) is 2.90. The molecular formula is C14H17NO. The van der Waals surface area contributed by atoms with Crippen LogP contribution < -0.4 is 0 Å². The van der Waals surface area contributed by atoms with Gasteiger partial charge in [0.05, 0.1) is 6.10 Å². The van der Waals surface area contributed by atoms with E-state index in [1.165, 1.54) is 16.7 Å². The first kappa shape index (κ1) is 11.0. The van der Waals surface area contributed by atoms with Crippen LogP contribution in [0.25, 0.3) is 0 Å². The first-order chi connectivity index (χ1) is 7.66. The van der Waals surface area contributed by atoms with E-state index in [4.69, 9.17) is 0 Å². The Hall–Kier alpha value is -1.54. The summed E-state index contributed by atoms with van der Waals surface area (Å²) in [4.78, 5) is 3.04. The van der Waals surface area contributed by atoms with E-state index in [9.17, 15) is 5.11 Å². The molecule has 0 saturated carbocycles. The summed E-state index contributed by atoms with van der Waals surface area (Å²) in [5.74, 6) is 0. The Balaban J connectivity index is 2.17. The molecule has 1 heterocycles. The Morgan fingerprint density at radius 2 is 2.06 bits per heavy atom. The van der Waals surface area contributed by atoms with E-state index in [-0.39, 0.29) is 0 Å². The fourth-order valence-corrected chi connectivity index (χ4v) is 1.89. The Kier molecular flexibility index (Phi) is 3.11. The quantitative estimate of drug-likeness (QED) is 0.811. The zero-order valence-electron chi connectivity index (χ0n) is 9.70. The second-order valence-corrected chi connectivity index (χ2v) is 4.28. The minimum atomic E-state index is -0.449. The summed E-state index contributed by atoms with van der Waals surface area (Å²) in [6, 6.07) is 10.2. The Morgan fingerprint density at radius 1 is 1.25 bits per heavy atom. The van der Waals surface area contributed by atoms with Gasteiger partial charge in [-0.2, -0.15) is 0 Å². The molecule has 0 fully saturated rings. The topological polar surface area (TPSA) is 36.0 Å². The molecule has 1 unspecified atom stereocenters. The van der Waals surface area contributed by atoms with Gasteiger partial charge in [0.25, 0.3) is 0 Å². The van der Waals surface area contributed by atoms with Crippen molar-refractivity contribution in [2.45, 2.75) is 26.4 Å². The lowest BCUT2D eigenvalue weighted by Crippen LogP contribution is -2.03. The number of hydrogen-bond donors (Lipinski definition) is 2. The van der Waals surface area contributed by atoms with Crippen LogP contribution in [0.15, 0.2) is 36.5 Å². The van der Waals surface area contributed by atoms with Crippen LogP contribution in [0, 0.1) is 13.8 Å². The fraction of sp³-hybridized carbons (Fsp3) is 0.286. The van der Waals surface area contributed by atoms with Crippen molar-refractivity contribution in [3.63, 3.8) is 0 Å². The van der Waals surface area contributed by atoms with Crippen molar-refractivity contribution in [1.29, 1.82) is 0 Å². The average Bonchev–Trinajstić information content (AvgIpc) is 2.76. The maximum Gasteiger partial charge on any atom is 0.0977 e. The first-order valence-electron chi connectivity index (χ1n) is 5.54. The number of aromatic nitrogens is 1. The van der Waals surface area contributed by atoms with Gasteiger partial charge in [-0.05, 0) is 37.1 Å². The molecule has 2 aromatic rings. The summed E-state index contributed by atoms with van der Waals surface area (Å²) >= 11 is 0. The second-order valence-electron chi connectivity index (χ2n) is 4.28. The summed E-state index contributed by atoms with van der Waals surface area (Å²) < 4.78 is 0. The minimum absolute atomic E-state index is 0.449. The molecule has 1 atom stereocenters. The van der Waals surface area contributed by atoms with Crippen molar-refractivity contribution in [3.8, 4) is 0 Å². The van der Waals surface area contributed by atoms with E-state index in [2.05, 4.69) is 37.0 Å². The first-order valence-corrected chi connectivity index (χ1v) is 5.54. The van der Waals surface area contributed by atoms with Crippen molar-refractivity contribution < 1.29 is 5.11 Å². The Labute approximate surface area is 96.0 Å². The normalized spacial score (nSPS) is 12.7. The van der Waals surface area contributed by atoms with E-state index in [0.29, 0.717) is 6.42 Å². The van der Waals surface area contributed by atoms with Gasteiger partial charge in [-0.25, -0.2) is 0 Å². The molecule has 0 aliphatic heterocycles. The standard InChI is InChI=1S/C14H17NO/c1-10-5-6-11(2)12(8-10)9-14(16)13-4-3-7-15-13/h3-8,14-16H,9H2,1-2H3. The number of aryl methyl sites for hydroxylation is 2. The van der Waals surface area contributed by atoms with Gasteiger partial charge in [-0.15, -0.1) is 0 Å². The third kappa shape index (κ3) is 2.34. The van der Waals surface area contributed by atoms with Crippen LogP contribution >= 0.6 is 0 Å². The van der Waals surface area contributed by atoms with Crippen molar-refractivity contribution in [2.75, 3.05) is 0 Å². The van der Waals surface area contributed by atoms with E-state index < -0.39 is 6.10 Å². The van der Waals surface area contributed by atoms with Gasteiger partial charge in [-0.1, -0.05) is 23.8 Å². The number of aliphatic hydroxyl groups is 1. The van der Waals surface area contributed by atoms with Crippen LogP contribution in [0.3, 0.4) is 0 Å². The van der Waals surface area contributed by atoms with E-state index >= 15 is 0 Å². The van der Waals surface area contributed by atoms with E-state index in [1.807, 2.05) is 18.3 Å². The largest absolute Gasteiger partial charge is 0.387 e. The van der Waals surface area contributed by atoms with Crippen molar-refractivity contribution in [2.24, 2.45) is 0 Å². The summed E-state index contributed by atoms with van der Waals surface area (Å²) in [6.45, 7) is 4.15. The third-order valence-corrected chi connectivity index (χ3v) is 2.90. The van der Waals surface area contributed by atoms with Crippen LogP contribution in [0.2, 0.25) is 0 Å². The second kappa shape index (κ2) is 4.54. The van der Waals surface area contributed by atoms with Crippen molar-refractivity contribution in [3.05, 3.63) is 58.9 Å². The van der Waals surface area contributed by atoms with Crippen LogP contribution in [0.1, 0.15) is 28.5 Å². The van der Waals surface area contributed by atoms with Gasteiger partial charge >= 0.3 is 0 Å². The predicted molar refractivity (Wildman–Crippen MR) is 65.4 cm³/mol.